The van der Waals surface area contributed by atoms with E-state index in [4.69, 9.17) is 9.47 Å². The molecule has 3 aromatic rings. The van der Waals surface area contributed by atoms with Gasteiger partial charge in [-0.25, -0.2) is 0 Å². The third kappa shape index (κ3) is 6.02. The lowest BCUT2D eigenvalue weighted by Crippen LogP contribution is -2.31. The van der Waals surface area contributed by atoms with Crippen LogP contribution in [0.5, 0.6) is 11.5 Å². The molecule has 37 heavy (non-hydrogen) atoms. The van der Waals surface area contributed by atoms with Crippen LogP contribution in [0, 0.1) is 0 Å². The van der Waals surface area contributed by atoms with E-state index in [1.807, 2.05) is 61.5 Å². The fourth-order valence-corrected chi connectivity index (χ4v) is 4.46. The topological polar surface area (TPSA) is 76.1 Å². The van der Waals surface area contributed by atoms with E-state index in [-0.39, 0.29) is 11.3 Å². The molecule has 1 unspecified atom stereocenters. The largest absolute Gasteiger partial charge is 0.507 e. The van der Waals surface area contributed by atoms with Gasteiger partial charge in [0.15, 0.2) is 0 Å². The summed E-state index contributed by atoms with van der Waals surface area (Å²) in [6, 6.07) is 23.4. The molecule has 6 nitrogen and oxygen atoms in total. The molecule has 6 heteroatoms. The van der Waals surface area contributed by atoms with Gasteiger partial charge in [-0.3, -0.25) is 9.59 Å². The molecule has 0 aromatic heterocycles. The molecule has 4 rings (SSSR count). The molecule has 0 bridgehead atoms. The van der Waals surface area contributed by atoms with E-state index in [1.165, 1.54) is 0 Å². The molecule has 0 saturated carbocycles. The third-order valence-corrected chi connectivity index (χ3v) is 6.43. The van der Waals surface area contributed by atoms with Crippen LogP contribution in [0.3, 0.4) is 0 Å². The number of nitrogens with zero attached hydrogens (tertiary/aromatic N) is 1. The van der Waals surface area contributed by atoms with Crippen LogP contribution >= 0.6 is 0 Å². The quantitative estimate of drug-likeness (QED) is 0.153. The summed E-state index contributed by atoms with van der Waals surface area (Å²) in [4.78, 5) is 28.1. The normalized spacial score (nSPS) is 16.7. The van der Waals surface area contributed by atoms with Crippen molar-refractivity contribution < 1.29 is 24.2 Å². The van der Waals surface area contributed by atoms with Gasteiger partial charge in [0.25, 0.3) is 11.7 Å². The maximum absolute atomic E-state index is 13.3. The number of amides is 1. The van der Waals surface area contributed by atoms with E-state index in [0.717, 1.165) is 29.7 Å². The lowest BCUT2D eigenvalue weighted by molar-refractivity contribution is -0.139. The smallest absolute Gasteiger partial charge is 0.295 e. The monoisotopic (exact) mass is 499 g/mol. The number of aliphatic hydroxyl groups excluding tert-OH is 1. The van der Waals surface area contributed by atoms with Gasteiger partial charge in [-0.05, 0) is 67.3 Å². The summed E-state index contributed by atoms with van der Waals surface area (Å²) in [5.41, 5.74) is 2.34. The average Bonchev–Trinajstić information content (AvgIpc) is 3.18. The van der Waals surface area contributed by atoms with E-state index in [2.05, 4.69) is 6.92 Å². The summed E-state index contributed by atoms with van der Waals surface area (Å²) in [6.07, 6.45) is 2.59. The molecule has 192 valence electrons. The zero-order chi connectivity index (χ0) is 26.2. The zero-order valence-electron chi connectivity index (χ0n) is 21.4. The number of likely N-dealkylation sites (tertiary alicyclic amines) is 1. The van der Waals surface area contributed by atoms with Crippen LogP contribution in [-0.2, 0) is 16.0 Å². The predicted molar refractivity (Wildman–Crippen MR) is 144 cm³/mol. The van der Waals surface area contributed by atoms with Crippen molar-refractivity contribution >= 4 is 17.4 Å². The Morgan fingerprint density at radius 1 is 0.865 bits per heavy atom. The van der Waals surface area contributed by atoms with Crippen molar-refractivity contribution in [1.82, 2.24) is 4.90 Å². The molecule has 1 amide bonds. The lowest BCUT2D eigenvalue weighted by atomic mass is 9.95. The third-order valence-electron chi connectivity index (χ3n) is 6.43. The number of Topliss-reactive ketones (excluding diaryl/α,β-unsaturated/α-hetero) is 1. The minimum absolute atomic E-state index is 0.0851. The van der Waals surface area contributed by atoms with Gasteiger partial charge in [0.05, 0.1) is 24.8 Å². The molecule has 1 heterocycles. The lowest BCUT2D eigenvalue weighted by Gasteiger charge is -2.25. The Kier molecular flexibility index (Phi) is 8.62. The molecule has 3 aromatic carbocycles. The first-order valence-electron chi connectivity index (χ1n) is 12.8. The van der Waals surface area contributed by atoms with Gasteiger partial charge in [0.2, 0.25) is 0 Å². The fraction of sp³-hybridized carbons (Fsp3) is 0.290. The Morgan fingerprint density at radius 3 is 2.16 bits per heavy atom. The highest BCUT2D eigenvalue weighted by Gasteiger charge is 2.45. The van der Waals surface area contributed by atoms with Crippen molar-refractivity contribution in [2.75, 3.05) is 19.8 Å². The minimum atomic E-state index is -0.708. The molecule has 1 saturated heterocycles. The van der Waals surface area contributed by atoms with E-state index < -0.39 is 17.7 Å². The molecule has 1 aliphatic rings. The van der Waals surface area contributed by atoms with E-state index in [0.29, 0.717) is 37.5 Å². The van der Waals surface area contributed by atoms with Gasteiger partial charge < -0.3 is 19.5 Å². The molecule has 1 aliphatic heterocycles. The van der Waals surface area contributed by atoms with Crippen LogP contribution < -0.4 is 9.47 Å². The van der Waals surface area contributed by atoms with Gasteiger partial charge >= 0.3 is 0 Å². The summed E-state index contributed by atoms with van der Waals surface area (Å²) in [6.45, 7) is 5.49. The number of carbonyl (C=O) groups is 2. The predicted octanol–water partition coefficient (Wildman–Crippen LogP) is 5.93. The Labute approximate surface area is 218 Å². The Bertz CT molecular complexity index is 1230. The Balaban J connectivity index is 1.70. The highest BCUT2D eigenvalue weighted by atomic mass is 16.5. The van der Waals surface area contributed by atoms with Gasteiger partial charge in [-0.2, -0.15) is 0 Å². The van der Waals surface area contributed by atoms with Crippen molar-refractivity contribution in [3.05, 3.63) is 101 Å². The van der Waals surface area contributed by atoms with Crippen molar-refractivity contribution in [3.63, 3.8) is 0 Å². The number of hydrogen-bond donors (Lipinski definition) is 1. The molecule has 1 atom stereocenters. The molecule has 0 aliphatic carbocycles. The Hall–Kier alpha value is -4.06. The molecule has 1 fully saturated rings. The molecule has 0 spiro atoms. The van der Waals surface area contributed by atoms with Crippen molar-refractivity contribution in [3.8, 4) is 11.5 Å². The second-order valence-corrected chi connectivity index (χ2v) is 8.96. The van der Waals surface area contributed by atoms with Crippen LogP contribution in [-0.4, -0.2) is 41.5 Å². The number of carbonyl (C=O) groups excluding carboxylic acids is 2. The first-order chi connectivity index (χ1) is 18.0. The van der Waals surface area contributed by atoms with Crippen LogP contribution in [0.4, 0.5) is 0 Å². The number of ether oxygens (including phenoxy) is 2. The molecule has 1 N–H and O–H groups in total. The number of benzene rings is 3. The number of ketones is 1. The van der Waals surface area contributed by atoms with Gasteiger partial charge in [-0.15, -0.1) is 0 Å². The van der Waals surface area contributed by atoms with Crippen molar-refractivity contribution in [1.29, 1.82) is 0 Å². The molecular formula is C31H33NO5. The van der Waals surface area contributed by atoms with Crippen LogP contribution in [0.25, 0.3) is 5.76 Å². The van der Waals surface area contributed by atoms with Crippen molar-refractivity contribution in [2.24, 2.45) is 0 Å². The highest BCUT2D eigenvalue weighted by molar-refractivity contribution is 6.46. The van der Waals surface area contributed by atoms with Gasteiger partial charge in [0.1, 0.15) is 17.3 Å². The highest BCUT2D eigenvalue weighted by Crippen LogP contribution is 2.40. The summed E-state index contributed by atoms with van der Waals surface area (Å²) >= 11 is 0. The SMILES string of the molecule is CCCCOc1ccc(C2/C(=C(/O)c3ccc(OCC)cc3)C(=O)C(=O)N2CCc2ccccc2)cc1. The maximum Gasteiger partial charge on any atom is 0.295 e. The summed E-state index contributed by atoms with van der Waals surface area (Å²) in [7, 11) is 0. The first-order valence-corrected chi connectivity index (χ1v) is 12.8. The van der Waals surface area contributed by atoms with Gasteiger partial charge in [0, 0.05) is 12.1 Å². The summed E-state index contributed by atoms with van der Waals surface area (Å²) in [5.74, 6) is -0.108. The zero-order valence-corrected chi connectivity index (χ0v) is 21.4. The van der Waals surface area contributed by atoms with Crippen LogP contribution in [0.15, 0.2) is 84.4 Å². The average molecular weight is 500 g/mol. The fourth-order valence-electron chi connectivity index (χ4n) is 4.46. The first kappa shape index (κ1) is 26.0. The molecular weight excluding hydrogens is 466 g/mol. The van der Waals surface area contributed by atoms with Crippen LogP contribution in [0.1, 0.15) is 49.4 Å². The number of unbranched alkanes of at least 4 members (excludes halogenated alkanes) is 1. The second kappa shape index (κ2) is 12.3. The van der Waals surface area contributed by atoms with Gasteiger partial charge in [-0.1, -0.05) is 55.8 Å². The number of aliphatic hydroxyl groups is 1. The van der Waals surface area contributed by atoms with Crippen molar-refractivity contribution in [2.45, 2.75) is 39.2 Å². The number of hydrogen-bond acceptors (Lipinski definition) is 5. The number of rotatable bonds is 11. The summed E-state index contributed by atoms with van der Waals surface area (Å²) < 4.78 is 11.3. The second-order valence-electron chi connectivity index (χ2n) is 8.96. The molecule has 0 radical (unpaired) electrons. The van der Waals surface area contributed by atoms with E-state index in [9.17, 15) is 14.7 Å². The maximum atomic E-state index is 13.3. The summed E-state index contributed by atoms with van der Waals surface area (Å²) in [5, 5.41) is 11.3. The van der Waals surface area contributed by atoms with Crippen LogP contribution in [0.2, 0.25) is 0 Å². The van der Waals surface area contributed by atoms with E-state index >= 15 is 0 Å². The standard InChI is InChI=1S/C31H33NO5/c1-3-5-21-37-26-15-11-23(12-16-26)28-27(29(33)24-13-17-25(18-14-24)36-4-2)30(34)31(35)32(28)20-19-22-9-7-6-8-10-22/h6-18,28,33H,3-5,19-21H2,1-2H3/b29-27-. The minimum Gasteiger partial charge on any atom is -0.507 e. The van der Waals surface area contributed by atoms with E-state index in [1.54, 1.807) is 29.2 Å². The Morgan fingerprint density at radius 2 is 1.51 bits per heavy atom.